The Morgan fingerprint density at radius 2 is 2.11 bits per heavy atom. The Labute approximate surface area is 117 Å². The molecule has 1 amide bonds. The highest BCUT2D eigenvalue weighted by Crippen LogP contribution is 2.32. The molecule has 1 heterocycles. The summed E-state index contributed by atoms with van der Waals surface area (Å²) in [4.78, 5) is 14.4. The first-order valence-corrected chi connectivity index (χ1v) is 7.52. The Morgan fingerprint density at radius 1 is 1.32 bits per heavy atom. The van der Waals surface area contributed by atoms with E-state index in [1.807, 2.05) is 30.3 Å². The maximum Gasteiger partial charge on any atom is 0.265 e. The quantitative estimate of drug-likeness (QED) is 0.874. The molecule has 1 aliphatic rings. The maximum absolute atomic E-state index is 12.2. The number of benzene rings is 1. The van der Waals surface area contributed by atoms with Gasteiger partial charge in [0.1, 0.15) is 0 Å². The van der Waals surface area contributed by atoms with Crippen LogP contribution in [0.15, 0.2) is 36.4 Å². The van der Waals surface area contributed by atoms with Crippen molar-refractivity contribution in [3.8, 4) is 0 Å². The molecular formula is C16H17NOS. The van der Waals surface area contributed by atoms with E-state index in [9.17, 15) is 4.79 Å². The molecule has 98 valence electrons. The summed E-state index contributed by atoms with van der Waals surface area (Å²) in [5.41, 5.74) is 2.23. The molecule has 2 aromatic rings. The number of hydrogen-bond acceptors (Lipinski definition) is 2. The monoisotopic (exact) mass is 271 g/mol. The van der Waals surface area contributed by atoms with Crippen LogP contribution in [0.25, 0.3) is 0 Å². The number of aryl methyl sites for hydroxylation is 1. The lowest BCUT2D eigenvalue weighted by atomic mass is 9.90. The first-order valence-electron chi connectivity index (χ1n) is 6.70. The van der Waals surface area contributed by atoms with Crippen molar-refractivity contribution in [2.24, 2.45) is 5.92 Å². The van der Waals surface area contributed by atoms with E-state index in [4.69, 9.17) is 0 Å². The first kappa shape index (κ1) is 12.4. The van der Waals surface area contributed by atoms with E-state index < -0.39 is 0 Å². The maximum atomic E-state index is 12.2. The Hall–Kier alpha value is -1.61. The van der Waals surface area contributed by atoms with E-state index in [1.165, 1.54) is 16.9 Å². The molecule has 2 nitrogen and oxygen atoms in total. The molecule has 3 heteroatoms. The van der Waals surface area contributed by atoms with Gasteiger partial charge in [-0.05, 0) is 48.9 Å². The van der Waals surface area contributed by atoms with Crippen molar-refractivity contribution in [1.82, 2.24) is 0 Å². The predicted molar refractivity (Wildman–Crippen MR) is 79.9 cm³/mol. The topological polar surface area (TPSA) is 29.1 Å². The molecule has 1 N–H and O–H groups in total. The SMILES string of the molecule is C[C@H]1CCc2sc(C(=O)Nc3ccccc3)cc2C1. The minimum Gasteiger partial charge on any atom is -0.321 e. The van der Waals surface area contributed by atoms with Gasteiger partial charge in [-0.3, -0.25) is 4.79 Å². The van der Waals surface area contributed by atoms with Crippen LogP contribution in [0.5, 0.6) is 0 Å². The Bertz CT molecular complexity index is 588. The molecule has 0 fully saturated rings. The van der Waals surface area contributed by atoms with Crippen molar-refractivity contribution in [2.75, 3.05) is 5.32 Å². The van der Waals surface area contributed by atoms with Crippen molar-refractivity contribution in [3.63, 3.8) is 0 Å². The highest BCUT2D eigenvalue weighted by molar-refractivity contribution is 7.14. The number of para-hydroxylation sites is 1. The molecule has 1 aromatic carbocycles. The van der Waals surface area contributed by atoms with Gasteiger partial charge in [0.2, 0.25) is 0 Å². The average Bonchev–Trinajstić information content (AvgIpc) is 2.83. The Balaban J connectivity index is 1.78. The molecule has 0 aliphatic heterocycles. The number of fused-ring (bicyclic) bond motifs is 1. The third-order valence-electron chi connectivity index (χ3n) is 3.58. The third-order valence-corrected chi connectivity index (χ3v) is 4.82. The van der Waals surface area contributed by atoms with E-state index in [1.54, 1.807) is 11.3 Å². The molecule has 19 heavy (non-hydrogen) atoms. The number of amides is 1. The smallest absolute Gasteiger partial charge is 0.265 e. The van der Waals surface area contributed by atoms with E-state index in [-0.39, 0.29) is 5.91 Å². The minimum absolute atomic E-state index is 0.0123. The molecule has 0 radical (unpaired) electrons. The van der Waals surface area contributed by atoms with Crippen LogP contribution in [0.2, 0.25) is 0 Å². The van der Waals surface area contributed by atoms with Gasteiger partial charge in [0.15, 0.2) is 0 Å². The Morgan fingerprint density at radius 3 is 2.89 bits per heavy atom. The second kappa shape index (κ2) is 5.17. The summed E-state index contributed by atoms with van der Waals surface area (Å²) in [5, 5.41) is 2.95. The van der Waals surface area contributed by atoms with Gasteiger partial charge in [-0.15, -0.1) is 11.3 Å². The van der Waals surface area contributed by atoms with Crippen LogP contribution >= 0.6 is 11.3 Å². The molecule has 1 aromatic heterocycles. The molecule has 0 spiro atoms. The van der Waals surface area contributed by atoms with E-state index in [2.05, 4.69) is 18.3 Å². The van der Waals surface area contributed by atoms with Gasteiger partial charge in [0, 0.05) is 10.6 Å². The molecule has 1 atom stereocenters. The number of thiophene rings is 1. The van der Waals surface area contributed by atoms with Crippen molar-refractivity contribution in [3.05, 3.63) is 51.7 Å². The minimum atomic E-state index is 0.0123. The summed E-state index contributed by atoms with van der Waals surface area (Å²) in [6.45, 7) is 2.28. The van der Waals surface area contributed by atoms with Crippen LogP contribution in [0.4, 0.5) is 5.69 Å². The molecular weight excluding hydrogens is 254 g/mol. The van der Waals surface area contributed by atoms with Gasteiger partial charge in [0.05, 0.1) is 4.88 Å². The van der Waals surface area contributed by atoms with Gasteiger partial charge in [-0.2, -0.15) is 0 Å². The summed E-state index contributed by atoms with van der Waals surface area (Å²) < 4.78 is 0. The van der Waals surface area contributed by atoms with Crippen LogP contribution < -0.4 is 5.32 Å². The van der Waals surface area contributed by atoms with Crippen LogP contribution in [-0.4, -0.2) is 5.91 Å². The molecule has 0 saturated carbocycles. The van der Waals surface area contributed by atoms with Crippen LogP contribution in [0.1, 0.15) is 33.5 Å². The van der Waals surface area contributed by atoms with Crippen LogP contribution in [0.3, 0.4) is 0 Å². The zero-order valence-electron chi connectivity index (χ0n) is 11.0. The second-order valence-electron chi connectivity index (χ2n) is 5.23. The zero-order valence-corrected chi connectivity index (χ0v) is 11.8. The van der Waals surface area contributed by atoms with Gasteiger partial charge < -0.3 is 5.32 Å². The molecule has 0 saturated heterocycles. The summed E-state index contributed by atoms with van der Waals surface area (Å²) >= 11 is 1.65. The van der Waals surface area contributed by atoms with E-state index >= 15 is 0 Å². The number of hydrogen-bond donors (Lipinski definition) is 1. The van der Waals surface area contributed by atoms with Crippen molar-refractivity contribution in [2.45, 2.75) is 26.2 Å². The average molecular weight is 271 g/mol. The lowest BCUT2D eigenvalue weighted by Crippen LogP contribution is -2.10. The third kappa shape index (κ3) is 2.71. The standard InChI is InChI=1S/C16H17NOS/c1-11-7-8-14-12(9-11)10-15(19-14)16(18)17-13-5-3-2-4-6-13/h2-6,10-11H,7-9H2,1H3,(H,17,18)/t11-/m0/s1. The highest BCUT2D eigenvalue weighted by Gasteiger charge is 2.20. The molecule has 3 rings (SSSR count). The number of nitrogens with one attached hydrogen (secondary N) is 1. The number of anilines is 1. The summed E-state index contributed by atoms with van der Waals surface area (Å²) in [5.74, 6) is 0.755. The van der Waals surface area contributed by atoms with Crippen molar-refractivity contribution in [1.29, 1.82) is 0 Å². The summed E-state index contributed by atoms with van der Waals surface area (Å²) in [7, 11) is 0. The first-order chi connectivity index (χ1) is 9.22. The van der Waals surface area contributed by atoms with Crippen LogP contribution in [-0.2, 0) is 12.8 Å². The lowest BCUT2D eigenvalue weighted by Gasteiger charge is -2.16. The van der Waals surface area contributed by atoms with Gasteiger partial charge in [-0.25, -0.2) is 0 Å². The zero-order chi connectivity index (χ0) is 13.2. The number of carbonyl (C=O) groups is 1. The lowest BCUT2D eigenvalue weighted by molar-refractivity contribution is 0.103. The van der Waals surface area contributed by atoms with E-state index in [0.29, 0.717) is 0 Å². The fourth-order valence-corrected chi connectivity index (χ4v) is 3.64. The van der Waals surface area contributed by atoms with Crippen LogP contribution in [0, 0.1) is 5.92 Å². The summed E-state index contributed by atoms with van der Waals surface area (Å²) in [6.07, 6.45) is 3.48. The van der Waals surface area contributed by atoms with Gasteiger partial charge in [0.25, 0.3) is 5.91 Å². The van der Waals surface area contributed by atoms with Crippen molar-refractivity contribution >= 4 is 22.9 Å². The summed E-state index contributed by atoms with van der Waals surface area (Å²) in [6, 6.07) is 11.7. The van der Waals surface area contributed by atoms with E-state index in [0.717, 1.165) is 29.3 Å². The predicted octanol–water partition coefficient (Wildman–Crippen LogP) is 4.13. The molecule has 1 aliphatic carbocycles. The fourth-order valence-electron chi connectivity index (χ4n) is 2.53. The van der Waals surface area contributed by atoms with Gasteiger partial charge >= 0.3 is 0 Å². The van der Waals surface area contributed by atoms with Gasteiger partial charge in [-0.1, -0.05) is 25.1 Å². The fraction of sp³-hybridized carbons (Fsp3) is 0.312. The number of rotatable bonds is 2. The Kier molecular flexibility index (Phi) is 3.38. The van der Waals surface area contributed by atoms with Crippen molar-refractivity contribution < 1.29 is 4.79 Å². The molecule has 0 unspecified atom stereocenters. The second-order valence-corrected chi connectivity index (χ2v) is 6.36. The normalized spacial score (nSPS) is 17.8. The highest BCUT2D eigenvalue weighted by atomic mass is 32.1. The number of carbonyl (C=O) groups excluding carboxylic acids is 1. The molecule has 0 bridgehead atoms. The largest absolute Gasteiger partial charge is 0.321 e.